The Kier molecular flexibility index (Phi) is 4.23. The molecule has 10 heteroatoms. The van der Waals surface area contributed by atoms with E-state index < -0.39 is 0 Å². The van der Waals surface area contributed by atoms with Crippen LogP contribution in [0.1, 0.15) is 40.8 Å². The van der Waals surface area contributed by atoms with E-state index in [1.807, 2.05) is 36.2 Å². The van der Waals surface area contributed by atoms with Crippen molar-refractivity contribution < 1.29 is 4.79 Å². The molecule has 0 unspecified atom stereocenters. The van der Waals surface area contributed by atoms with E-state index >= 15 is 0 Å². The summed E-state index contributed by atoms with van der Waals surface area (Å²) in [4.78, 5) is 22.8. The van der Waals surface area contributed by atoms with Crippen molar-refractivity contribution in [3.05, 3.63) is 60.2 Å². The first-order valence-corrected chi connectivity index (χ1v) is 9.49. The standard InChI is InChI=1S/C19H19N9O/c1-13-11-21-15(12-20-13)19(29)26-9-5-14(6-10-26)18-24-23-16-3-4-17(25-28(16)18)27-8-2-7-22-27/h2-4,7-8,11-12,14H,5-6,9-10H2,1H3. The third kappa shape index (κ3) is 3.22. The topological polar surface area (TPSA) is 107 Å². The van der Waals surface area contributed by atoms with Crippen molar-refractivity contribution in [3.8, 4) is 5.82 Å². The molecule has 4 aromatic rings. The molecule has 0 radical (unpaired) electrons. The molecule has 10 nitrogen and oxygen atoms in total. The number of rotatable bonds is 3. The number of piperidine rings is 1. The van der Waals surface area contributed by atoms with Gasteiger partial charge in [-0.3, -0.25) is 9.78 Å². The van der Waals surface area contributed by atoms with Crippen LogP contribution in [-0.2, 0) is 0 Å². The molecule has 5 rings (SSSR count). The number of likely N-dealkylation sites (tertiary alicyclic amines) is 1. The van der Waals surface area contributed by atoms with E-state index in [0.717, 1.165) is 24.4 Å². The molecule has 0 aliphatic carbocycles. The van der Waals surface area contributed by atoms with Crippen molar-refractivity contribution in [2.24, 2.45) is 0 Å². The SMILES string of the molecule is Cc1cnc(C(=O)N2CCC(c3nnc4ccc(-n5cccn5)nn34)CC2)cn1. The van der Waals surface area contributed by atoms with Gasteiger partial charge >= 0.3 is 0 Å². The zero-order valence-corrected chi connectivity index (χ0v) is 15.9. The Hall–Kier alpha value is -3.69. The summed E-state index contributed by atoms with van der Waals surface area (Å²) in [7, 11) is 0. The van der Waals surface area contributed by atoms with Gasteiger partial charge < -0.3 is 4.90 Å². The number of hydrogen-bond acceptors (Lipinski definition) is 7. The second kappa shape index (κ2) is 7.04. The fourth-order valence-corrected chi connectivity index (χ4v) is 3.58. The van der Waals surface area contributed by atoms with E-state index in [-0.39, 0.29) is 11.8 Å². The lowest BCUT2D eigenvalue weighted by molar-refractivity contribution is 0.0704. The van der Waals surface area contributed by atoms with Gasteiger partial charge in [0, 0.05) is 37.6 Å². The number of aromatic nitrogens is 8. The van der Waals surface area contributed by atoms with Gasteiger partial charge in [-0.1, -0.05) is 0 Å². The average Bonchev–Trinajstić information content (AvgIpc) is 3.44. The van der Waals surface area contributed by atoms with Gasteiger partial charge in [0.1, 0.15) is 5.69 Å². The first-order chi connectivity index (χ1) is 14.2. The van der Waals surface area contributed by atoms with Gasteiger partial charge in [-0.15, -0.1) is 15.3 Å². The van der Waals surface area contributed by atoms with Gasteiger partial charge in [0.15, 0.2) is 17.3 Å². The summed E-state index contributed by atoms with van der Waals surface area (Å²) in [6, 6.07) is 5.60. The minimum atomic E-state index is -0.0823. The average molecular weight is 389 g/mol. The maximum absolute atomic E-state index is 12.7. The summed E-state index contributed by atoms with van der Waals surface area (Å²) in [5.41, 5.74) is 1.87. The molecule has 29 heavy (non-hydrogen) atoms. The molecule has 1 amide bonds. The second-order valence-electron chi connectivity index (χ2n) is 7.08. The summed E-state index contributed by atoms with van der Waals surface area (Å²) < 4.78 is 3.48. The maximum Gasteiger partial charge on any atom is 0.274 e. The molecule has 0 saturated carbocycles. The monoisotopic (exact) mass is 389 g/mol. The lowest BCUT2D eigenvalue weighted by Crippen LogP contribution is -2.38. The van der Waals surface area contributed by atoms with E-state index in [0.29, 0.717) is 30.2 Å². The first-order valence-electron chi connectivity index (χ1n) is 9.49. The van der Waals surface area contributed by atoms with Crippen molar-refractivity contribution >= 4 is 11.6 Å². The predicted molar refractivity (Wildman–Crippen MR) is 103 cm³/mol. The van der Waals surface area contributed by atoms with E-state index in [4.69, 9.17) is 0 Å². The molecule has 1 aliphatic heterocycles. The Morgan fingerprint density at radius 2 is 1.97 bits per heavy atom. The lowest BCUT2D eigenvalue weighted by Gasteiger charge is -2.30. The van der Waals surface area contributed by atoms with Gasteiger partial charge in [-0.05, 0) is 38.0 Å². The molecule has 0 bridgehead atoms. The summed E-state index contributed by atoms with van der Waals surface area (Å²) >= 11 is 0. The Morgan fingerprint density at radius 3 is 2.69 bits per heavy atom. The molecule has 4 aromatic heterocycles. The van der Waals surface area contributed by atoms with Crippen LogP contribution in [0.15, 0.2) is 43.0 Å². The number of carbonyl (C=O) groups is 1. The molecular formula is C19H19N9O. The van der Waals surface area contributed by atoms with E-state index in [9.17, 15) is 4.79 Å². The quantitative estimate of drug-likeness (QED) is 0.522. The second-order valence-corrected chi connectivity index (χ2v) is 7.08. The Bertz CT molecular complexity index is 1140. The highest BCUT2D eigenvalue weighted by Crippen LogP contribution is 2.27. The molecule has 1 aliphatic rings. The highest BCUT2D eigenvalue weighted by Gasteiger charge is 2.28. The predicted octanol–water partition coefficient (Wildman–Crippen LogP) is 1.43. The molecule has 1 saturated heterocycles. The van der Waals surface area contributed by atoms with Crippen molar-refractivity contribution in [2.75, 3.05) is 13.1 Å². The van der Waals surface area contributed by atoms with Gasteiger partial charge in [-0.25, -0.2) is 9.67 Å². The number of amides is 1. The van der Waals surface area contributed by atoms with Crippen LogP contribution in [0.3, 0.4) is 0 Å². The van der Waals surface area contributed by atoms with Gasteiger partial charge in [0.25, 0.3) is 5.91 Å². The van der Waals surface area contributed by atoms with Crippen LogP contribution in [0.2, 0.25) is 0 Å². The zero-order chi connectivity index (χ0) is 19.8. The minimum Gasteiger partial charge on any atom is -0.337 e. The van der Waals surface area contributed by atoms with E-state index in [1.165, 1.54) is 6.20 Å². The molecular weight excluding hydrogens is 370 g/mol. The largest absolute Gasteiger partial charge is 0.337 e. The fraction of sp³-hybridized carbons (Fsp3) is 0.316. The van der Waals surface area contributed by atoms with Crippen molar-refractivity contribution in [1.29, 1.82) is 0 Å². The van der Waals surface area contributed by atoms with Crippen LogP contribution in [-0.4, -0.2) is 63.5 Å². The highest BCUT2D eigenvalue weighted by molar-refractivity contribution is 5.92. The molecule has 1 fully saturated rings. The molecule has 146 valence electrons. The molecule has 0 atom stereocenters. The molecule has 0 N–H and O–H groups in total. The normalized spacial score (nSPS) is 15.1. The summed E-state index contributed by atoms with van der Waals surface area (Å²) in [6.07, 6.45) is 8.29. The number of fused-ring (bicyclic) bond motifs is 1. The van der Waals surface area contributed by atoms with E-state index in [2.05, 4.69) is 30.4 Å². The minimum absolute atomic E-state index is 0.0823. The smallest absolute Gasteiger partial charge is 0.274 e. The zero-order valence-electron chi connectivity index (χ0n) is 15.9. The molecule has 5 heterocycles. The lowest BCUT2D eigenvalue weighted by atomic mass is 9.96. The maximum atomic E-state index is 12.7. The summed E-state index contributed by atoms with van der Waals surface area (Å²) in [5, 5.41) is 17.5. The molecule has 0 aromatic carbocycles. The van der Waals surface area contributed by atoms with E-state index in [1.54, 1.807) is 21.6 Å². The van der Waals surface area contributed by atoms with Crippen LogP contribution in [0, 0.1) is 6.92 Å². The Balaban J connectivity index is 1.34. The van der Waals surface area contributed by atoms with Crippen molar-refractivity contribution in [1.82, 2.24) is 44.5 Å². The van der Waals surface area contributed by atoms with Crippen LogP contribution >= 0.6 is 0 Å². The van der Waals surface area contributed by atoms with Gasteiger partial charge in [0.05, 0.1) is 11.9 Å². The van der Waals surface area contributed by atoms with Crippen molar-refractivity contribution in [2.45, 2.75) is 25.7 Å². The van der Waals surface area contributed by atoms with Gasteiger partial charge in [-0.2, -0.15) is 9.61 Å². The Labute approximate surface area is 166 Å². The summed E-state index contributed by atoms with van der Waals surface area (Å²) in [6.45, 7) is 3.11. The number of aryl methyl sites for hydroxylation is 1. The van der Waals surface area contributed by atoms with Crippen LogP contribution in [0.4, 0.5) is 0 Å². The van der Waals surface area contributed by atoms with Gasteiger partial charge in [0.2, 0.25) is 0 Å². The highest BCUT2D eigenvalue weighted by atomic mass is 16.2. The third-order valence-corrected chi connectivity index (χ3v) is 5.16. The number of carbonyl (C=O) groups excluding carboxylic acids is 1. The molecule has 0 spiro atoms. The fourth-order valence-electron chi connectivity index (χ4n) is 3.58. The number of hydrogen-bond donors (Lipinski definition) is 0. The third-order valence-electron chi connectivity index (χ3n) is 5.16. The van der Waals surface area contributed by atoms with Crippen LogP contribution in [0.25, 0.3) is 11.5 Å². The van der Waals surface area contributed by atoms with Crippen molar-refractivity contribution in [3.63, 3.8) is 0 Å². The van der Waals surface area contributed by atoms with Crippen LogP contribution < -0.4 is 0 Å². The Morgan fingerprint density at radius 1 is 1.10 bits per heavy atom. The number of nitrogens with zero attached hydrogens (tertiary/aromatic N) is 9. The van der Waals surface area contributed by atoms with Crippen LogP contribution in [0.5, 0.6) is 0 Å². The summed E-state index contributed by atoms with van der Waals surface area (Å²) in [5.74, 6) is 1.62. The first kappa shape index (κ1) is 17.4.